The molecular weight excluding hydrogens is 326 g/mol. The number of ether oxygens (including phenoxy) is 1. The van der Waals surface area contributed by atoms with Gasteiger partial charge in [-0.3, -0.25) is 4.90 Å². The van der Waals surface area contributed by atoms with Gasteiger partial charge in [0.2, 0.25) is 0 Å². The van der Waals surface area contributed by atoms with Crippen LogP contribution in [0.5, 0.6) is 0 Å². The second-order valence-electron chi connectivity index (χ2n) is 7.38. The summed E-state index contributed by atoms with van der Waals surface area (Å²) in [7, 11) is 0. The van der Waals surface area contributed by atoms with Crippen LogP contribution >= 0.6 is 0 Å². The van der Waals surface area contributed by atoms with Crippen LogP contribution < -0.4 is 5.32 Å². The predicted octanol–water partition coefficient (Wildman–Crippen LogP) is 2.95. The van der Waals surface area contributed by atoms with Gasteiger partial charge in [-0.1, -0.05) is 0 Å². The monoisotopic (exact) mass is 351 g/mol. The second-order valence-corrected chi connectivity index (χ2v) is 7.38. The highest BCUT2D eigenvalue weighted by Crippen LogP contribution is 2.29. The van der Waals surface area contributed by atoms with Crippen molar-refractivity contribution in [1.29, 1.82) is 5.26 Å². The largest absolute Gasteiger partial charge is 0.379 e. The highest BCUT2D eigenvalue weighted by atomic mass is 16.5. The zero-order valence-corrected chi connectivity index (χ0v) is 15.2. The van der Waals surface area contributed by atoms with E-state index >= 15 is 0 Å². The fraction of sp³-hybridized carbons (Fsp3) is 0.550. The fourth-order valence-electron chi connectivity index (χ4n) is 4.27. The Morgan fingerprint density at radius 2 is 2.08 bits per heavy atom. The third-order valence-electron chi connectivity index (χ3n) is 5.69. The molecule has 6 nitrogen and oxygen atoms in total. The maximum absolute atomic E-state index is 9.16. The van der Waals surface area contributed by atoms with E-state index in [-0.39, 0.29) is 0 Å². The lowest BCUT2D eigenvalue weighted by Crippen LogP contribution is -2.51. The van der Waals surface area contributed by atoms with Crippen molar-refractivity contribution in [2.75, 3.05) is 25.1 Å². The van der Waals surface area contributed by atoms with E-state index in [9.17, 15) is 0 Å². The van der Waals surface area contributed by atoms with Gasteiger partial charge >= 0.3 is 0 Å². The summed E-state index contributed by atoms with van der Waals surface area (Å²) in [5, 5.41) is 13.7. The quantitative estimate of drug-likeness (QED) is 0.916. The van der Waals surface area contributed by atoms with Crippen LogP contribution in [0.15, 0.2) is 24.5 Å². The van der Waals surface area contributed by atoms with Gasteiger partial charge in [-0.25, -0.2) is 9.97 Å². The zero-order chi connectivity index (χ0) is 17.9. The summed E-state index contributed by atoms with van der Waals surface area (Å²) in [6.07, 6.45) is 6.27. The molecule has 1 aliphatic heterocycles. The Balaban J connectivity index is 1.43. The molecule has 4 rings (SSSR count). The molecule has 6 heteroatoms. The van der Waals surface area contributed by atoms with Crippen molar-refractivity contribution >= 4 is 16.7 Å². The number of benzene rings is 1. The maximum atomic E-state index is 9.16. The van der Waals surface area contributed by atoms with Crippen LogP contribution in [0.3, 0.4) is 0 Å². The number of morpholine rings is 1. The molecule has 136 valence electrons. The van der Waals surface area contributed by atoms with Crippen LogP contribution in [0.1, 0.15) is 38.2 Å². The first-order chi connectivity index (χ1) is 12.7. The summed E-state index contributed by atoms with van der Waals surface area (Å²) in [6, 6.07) is 9.37. The van der Waals surface area contributed by atoms with Crippen molar-refractivity contribution in [3.8, 4) is 6.07 Å². The van der Waals surface area contributed by atoms with E-state index in [2.05, 4.69) is 33.2 Å². The van der Waals surface area contributed by atoms with Crippen molar-refractivity contribution in [3.63, 3.8) is 0 Å². The second kappa shape index (κ2) is 7.56. The number of nitriles is 1. The van der Waals surface area contributed by atoms with Crippen LogP contribution in [0.4, 0.5) is 5.82 Å². The van der Waals surface area contributed by atoms with Crippen molar-refractivity contribution < 1.29 is 4.74 Å². The van der Waals surface area contributed by atoms with E-state index in [4.69, 9.17) is 10.00 Å². The molecule has 1 atom stereocenters. The summed E-state index contributed by atoms with van der Waals surface area (Å²) in [4.78, 5) is 11.4. The van der Waals surface area contributed by atoms with E-state index in [1.54, 1.807) is 12.4 Å². The number of aromatic nitrogens is 2. The van der Waals surface area contributed by atoms with Crippen molar-refractivity contribution in [3.05, 3.63) is 30.1 Å². The molecule has 2 heterocycles. The Hall–Kier alpha value is -2.23. The molecule has 0 spiro atoms. The highest BCUT2D eigenvalue weighted by Gasteiger charge is 2.30. The Morgan fingerprint density at radius 1 is 1.23 bits per heavy atom. The third-order valence-corrected chi connectivity index (χ3v) is 5.69. The predicted molar refractivity (Wildman–Crippen MR) is 101 cm³/mol. The molecule has 0 bridgehead atoms. The topological polar surface area (TPSA) is 74.1 Å². The van der Waals surface area contributed by atoms with Gasteiger partial charge in [0.05, 0.1) is 30.4 Å². The minimum Gasteiger partial charge on any atom is -0.379 e. The standard InChI is InChI=1S/C20H25N5O/c1-14-12-26-9-8-25(14)17-5-3-16(4-6-17)24-20-18-10-15(11-21)2-7-19(18)22-13-23-20/h2,7,10,13-14,16-17H,3-6,8-9,12H2,1H3,(H,22,23,24)/t14-,16-,17-/m0/s1. The van der Waals surface area contributed by atoms with E-state index in [0.717, 1.165) is 49.3 Å². The highest BCUT2D eigenvalue weighted by molar-refractivity contribution is 5.89. The first kappa shape index (κ1) is 17.2. The number of nitrogens with zero attached hydrogens (tertiary/aromatic N) is 4. The lowest BCUT2D eigenvalue weighted by Gasteiger charge is -2.42. The van der Waals surface area contributed by atoms with Gasteiger partial charge in [-0.2, -0.15) is 5.26 Å². The molecule has 2 fully saturated rings. The van der Waals surface area contributed by atoms with Crippen molar-refractivity contribution in [2.45, 2.75) is 50.7 Å². The van der Waals surface area contributed by atoms with Gasteiger partial charge < -0.3 is 10.1 Å². The molecule has 0 radical (unpaired) electrons. The number of rotatable bonds is 3. The summed E-state index contributed by atoms with van der Waals surface area (Å²) in [6.45, 7) is 5.03. The Labute approximate surface area is 154 Å². The van der Waals surface area contributed by atoms with Crippen molar-refractivity contribution in [2.24, 2.45) is 0 Å². The molecule has 1 N–H and O–H groups in total. The minimum atomic E-state index is 0.423. The molecule has 2 aromatic rings. The van der Waals surface area contributed by atoms with E-state index in [0.29, 0.717) is 23.7 Å². The molecule has 1 saturated heterocycles. The normalized spacial score (nSPS) is 27.2. The number of fused-ring (bicyclic) bond motifs is 1. The van der Waals surface area contributed by atoms with Gasteiger partial charge in [-0.05, 0) is 50.8 Å². The van der Waals surface area contributed by atoms with E-state index < -0.39 is 0 Å². The lowest BCUT2D eigenvalue weighted by atomic mass is 9.89. The van der Waals surface area contributed by atoms with Crippen LogP contribution in [0.2, 0.25) is 0 Å². The zero-order valence-electron chi connectivity index (χ0n) is 15.2. The first-order valence-corrected chi connectivity index (χ1v) is 9.49. The molecule has 26 heavy (non-hydrogen) atoms. The van der Waals surface area contributed by atoms with E-state index in [1.807, 2.05) is 12.1 Å². The molecule has 2 aliphatic rings. The van der Waals surface area contributed by atoms with Gasteiger partial charge in [0.25, 0.3) is 0 Å². The van der Waals surface area contributed by atoms with Gasteiger partial charge in [-0.15, -0.1) is 0 Å². The maximum Gasteiger partial charge on any atom is 0.137 e. The Kier molecular flexibility index (Phi) is 5.00. The molecule has 1 saturated carbocycles. The van der Waals surface area contributed by atoms with Gasteiger partial charge in [0.15, 0.2) is 0 Å². The Bertz CT molecular complexity index is 809. The summed E-state index contributed by atoms with van der Waals surface area (Å²) in [5.74, 6) is 0.843. The smallest absolute Gasteiger partial charge is 0.137 e. The molecule has 0 unspecified atom stereocenters. The molecule has 1 aliphatic carbocycles. The average molecular weight is 351 g/mol. The molecular formula is C20H25N5O. The third kappa shape index (κ3) is 3.50. The van der Waals surface area contributed by atoms with Crippen LogP contribution in [-0.2, 0) is 4.74 Å². The van der Waals surface area contributed by atoms with E-state index in [1.165, 1.54) is 12.8 Å². The van der Waals surface area contributed by atoms with Crippen LogP contribution in [0, 0.1) is 11.3 Å². The first-order valence-electron chi connectivity index (χ1n) is 9.49. The molecule has 1 aromatic heterocycles. The van der Waals surface area contributed by atoms with Gasteiger partial charge in [0.1, 0.15) is 12.1 Å². The summed E-state index contributed by atoms with van der Waals surface area (Å²) >= 11 is 0. The number of hydrogen-bond acceptors (Lipinski definition) is 6. The van der Waals surface area contributed by atoms with Gasteiger partial charge in [0, 0.05) is 30.1 Å². The van der Waals surface area contributed by atoms with Crippen LogP contribution in [-0.4, -0.2) is 52.8 Å². The number of nitrogens with one attached hydrogen (secondary N) is 1. The average Bonchev–Trinajstić information content (AvgIpc) is 2.69. The fourth-order valence-corrected chi connectivity index (χ4v) is 4.27. The molecule has 0 amide bonds. The summed E-state index contributed by atoms with van der Waals surface area (Å²) in [5.41, 5.74) is 1.51. The Morgan fingerprint density at radius 3 is 2.85 bits per heavy atom. The number of hydrogen-bond donors (Lipinski definition) is 1. The SMILES string of the molecule is C[C@H]1COCCN1[C@H]1CC[C@H](Nc2ncnc3ccc(C#N)cc23)CC1. The van der Waals surface area contributed by atoms with Crippen molar-refractivity contribution in [1.82, 2.24) is 14.9 Å². The lowest BCUT2D eigenvalue weighted by molar-refractivity contribution is -0.0296. The summed E-state index contributed by atoms with van der Waals surface area (Å²) < 4.78 is 5.57. The number of anilines is 1. The molecule has 1 aromatic carbocycles. The minimum absolute atomic E-state index is 0.423. The van der Waals surface area contributed by atoms with Crippen LogP contribution in [0.25, 0.3) is 10.9 Å².